The lowest BCUT2D eigenvalue weighted by Crippen LogP contribution is -2.19. The predicted octanol–water partition coefficient (Wildman–Crippen LogP) is 1.36. The molecule has 0 aliphatic carbocycles. The van der Waals surface area contributed by atoms with E-state index in [2.05, 4.69) is 9.72 Å². The smallest absolute Gasteiger partial charge is 0.393 e. The fourth-order valence-corrected chi connectivity index (χ4v) is 1.91. The lowest BCUT2D eigenvalue weighted by Gasteiger charge is -2.11. The van der Waals surface area contributed by atoms with Crippen LogP contribution in [0.3, 0.4) is 0 Å². The van der Waals surface area contributed by atoms with Gasteiger partial charge in [-0.3, -0.25) is 0 Å². The Labute approximate surface area is 103 Å². The lowest BCUT2D eigenvalue weighted by atomic mass is 10.2. The molecule has 0 aliphatic heterocycles. The van der Waals surface area contributed by atoms with Gasteiger partial charge in [0.25, 0.3) is 9.05 Å². The summed E-state index contributed by atoms with van der Waals surface area (Å²) in [5.41, 5.74) is 3.54. The molecule has 0 spiro atoms. The molecule has 98 valence electrons. The van der Waals surface area contributed by atoms with E-state index in [-0.39, 0.29) is 0 Å². The van der Waals surface area contributed by atoms with E-state index >= 15 is 0 Å². The van der Waals surface area contributed by atoms with Crippen molar-refractivity contribution >= 4 is 25.4 Å². The van der Waals surface area contributed by atoms with Crippen molar-refractivity contribution in [1.29, 1.82) is 5.26 Å². The van der Waals surface area contributed by atoms with E-state index in [4.69, 9.17) is 21.7 Å². The highest BCUT2D eigenvalue weighted by Gasteiger charge is 2.34. The topological polar surface area (TPSA) is 106 Å². The van der Waals surface area contributed by atoms with E-state index in [9.17, 15) is 21.6 Å². The van der Waals surface area contributed by atoms with Gasteiger partial charge < -0.3 is 10.5 Å². The standard InChI is InChI=1S/C7H3ClF3N3O3S/c8-18(15,16)4-2-14-6(17-7(9,10)11)5(13)3(4)1-12/h2H,13H2. The molecular weight excluding hydrogens is 299 g/mol. The van der Waals surface area contributed by atoms with Gasteiger partial charge in [-0.1, -0.05) is 0 Å². The van der Waals surface area contributed by atoms with Crippen molar-refractivity contribution in [2.24, 2.45) is 0 Å². The molecule has 1 aromatic heterocycles. The SMILES string of the molecule is N#Cc1c(S(=O)(=O)Cl)cnc(OC(F)(F)F)c1N. The number of nitrogen functional groups attached to an aromatic ring is 1. The van der Waals surface area contributed by atoms with Gasteiger partial charge in [-0.15, -0.1) is 13.2 Å². The van der Waals surface area contributed by atoms with Gasteiger partial charge >= 0.3 is 6.36 Å². The Morgan fingerprint density at radius 1 is 1.50 bits per heavy atom. The fourth-order valence-electron chi connectivity index (χ4n) is 0.982. The Morgan fingerprint density at radius 3 is 2.44 bits per heavy atom. The molecule has 1 aromatic rings. The van der Waals surface area contributed by atoms with Gasteiger partial charge in [0, 0.05) is 10.7 Å². The summed E-state index contributed by atoms with van der Waals surface area (Å²) in [5.74, 6) is -1.12. The molecule has 6 nitrogen and oxygen atoms in total. The first-order valence-corrected chi connectivity index (χ1v) is 6.26. The Kier molecular flexibility index (Phi) is 3.59. The molecule has 0 radical (unpaired) electrons. The van der Waals surface area contributed by atoms with Crippen LogP contribution in [0.15, 0.2) is 11.1 Å². The summed E-state index contributed by atoms with van der Waals surface area (Å²) in [4.78, 5) is 2.26. The number of hydrogen-bond donors (Lipinski definition) is 1. The van der Waals surface area contributed by atoms with Crippen LogP contribution < -0.4 is 10.5 Å². The summed E-state index contributed by atoms with van der Waals surface area (Å²) in [5, 5.41) is 8.67. The normalized spacial score (nSPS) is 11.9. The third-order valence-corrected chi connectivity index (χ3v) is 2.97. The van der Waals surface area contributed by atoms with E-state index in [1.165, 1.54) is 6.07 Å². The average molecular weight is 302 g/mol. The second-order valence-corrected chi connectivity index (χ2v) is 5.35. The van der Waals surface area contributed by atoms with Crippen molar-refractivity contribution < 1.29 is 26.3 Å². The Bertz CT molecular complexity index is 623. The molecule has 0 aromatic carbocycles. The van der Waals surface area contributed by atoms with Gasteiger partial charge in [0.05, 0.1) is 6.20 Å². The molecule has 1 rings (SSSR count). The van der Waals surface area contributed by atoms with Crippen LogP contribution in [-0.2, 0) is 9.05 Å². The van der Waals surface area contributed by atoms with Gasteiger partial charge in [0.15, 0.2) is 0 Å². The van der Waals surface area contributed by atoms with Gasteiger partial charge in [-0.2, -0.15) is 5.26 Å². The van der Waals surface area contributed by atoms with Crippen molar-refractivity contribution in [3.63, 3.8) is 0 Å². The Balaban J connectivity index is 3.45. The molecule has 11 heteroatoms. The van der Waals surface area contributed by atoms with Crippen LogP contribution >= 0.6 is 10.7 Å². The number of pyridine rings is 1. The molecule has 18 heavy (non-hydrogen) atoms. The second-order valence-electron chi connectivity index (χ2n) is 2.81. The number of nitriles is 1. The average Bonchev–Trinajstić information content (AvgIpc) is 2.17. The molecule has 2 N–H and O–H groups in total. The summed E-state index contributed by atoms with van der Waals surface area (Å²) in [6.07, 6.45) is -4.62. The minimum absolute atomic E-state index is 0.457. The summed E-state index contributed by atoms with van der Waals surface area (Å²) in [6.45, 7) is 0. The number of alkyl halides is 3. The van der Waals surface area contributed by atoms with E-state index in [1.807, 2.05) is 0 Å². The highest BCUT2D eigenvalue weighted by molar-refractivity contribution is 8.13. The molecule has 0 saturated carbocycles. The minimum Gasteiger partial charge on any atom is -0.393 e. The van der Waals surface area contributed by atoms with Crippen LogP contribution in [0.2, 0.25) is 0 Å². The van der Waals surface area contributed by atoms with E-state index in [1.54, 1.807) is 0 Å². The van der Waals surface area contributed by atoms with Crippen LogP contribution in [0.4, 0.5) is 18.9 Å². The lowest BCUT2D eigenvalue weighted by molar-refractivity contribution is -0.275. The number of rotatable bonds is 2. The zero-order valence-corrected chi connectivity index (χ0v) is 9.77. The summed E-state index contributed by atoms with van der Waals surface area (Å²) in [7, 11) is 0.604. The first-order chi connectivity index (χ1) is 8.06. The van der Waals surface area contributed by atoms with Crippen LogP contribution in [0.5, 0.6) is 5.88 Å². The third kappa shape index (κ3) is 3.14. The van der Waals surface area contributed by atoms with Crippen LogP contribution in [-0.4, -0.2) is 19.8 Å². The molecule has 0 aliphatic rings. The van der Waals surface area contributed by atoms with Crippen molar-refractivity contribution in [3.05, 3.63) is 11.8 Å². The Hall–Kier alpha value is -1.73. The molecule has 0 saturated heterocycles. The third-order valence-electron chi connectivity index (χ3n) is 1.63. The predicted molar refractivity (Wildman–Crippen MR) is 53.1 cm³/mol. The second kappa shape index (κ2) is 4.51. The van der Waals surface area contributed by atoms with Gasteiger partial charge in [-0.25, -0.2) is 13.4 Å². The zero-order valence-electron chi connectivity index (χ0n) is 8.19. The highest BCUT2D eigenvalue weighted by atomic mass is 35.7. The quantitative estimate of drug-likeness (QED) is 0.827. The van der Waals surface area contributed by atoms with E-state index in [0.29, 0.717) is 6.20 Å². The van der Waals surface area contributed by atoms with E-state index < -0.39 is 37.4 Å². The molecule has 1 heterocycles. The van der Waals surface area contributed by atoms with Crippen molar-refractivity contribution in [3.8, 4) is 11.9 Å². The first kappa shape index (κ1) is 14.3. The molecule has 0 atom stereocenters. The summed E-state index contributed by atoms with van der Waals surface area (Å²) >= 11 is 0. The number of halogens is 4. The first-order valence-electron chi connectivity index (χ1n) is 3.95. The Morgan fingerprint density at radius 2 is 2.06 bits per heavy atom. The monoisotopic (exact) mass is 301 g/mol. The van der Waals surface area contributed by atoms with E-state index in [0.717, 1.165) is 0 Å². The van der Waals surface area contributed by atoms with Crippen molar-refractivity contribution in [2.45, 2.75) is 11.3 Å². The number of ether oxygens (including phenoxy) is 1. The molecule has 0 unspecified atom stereocenters. The zero-order chi connectivity index (χ0) is 14.1. The van der Waals surface area contributed by atoms with Gasteiger partial charge in [-0.05, 0) is 0 Å². The molecule has 0 fully saturated rings. The molecule has 0 bridgehead atoms. The summed E-state index contributed by atoms with van der Waals surface area (Å²) < 4.78 is 61.3. The summed E-state index contributed by atoms with van der Waals surface area (Å²) in [6, 6.07) is 1.32. The minimum atomic E-state index is -5.07. The number of hydrogen-bond acceptors (Lipinski definition) is 6. The van der Waals surface area contributed by atoms with Crippen molar-refractivity contribution in [2.75, 3.05) is 5.73 Å². The molecular formula is C7H3ClF3N3O3S. The van der Waals surface area contributed by atoms with Crippen LogP contribution in [0, 0.1) is 11.3 Å². The maximum absolute atomic E-state index is 11.9. The van der Waals surface area contributed by atoms with Gasteiger partial charge in [0.1, 0.15) is 22.2 Å². The largest absolute Gasteiger partial charge is 0.574 e. The van der Waals surface area contributed by atoms with Crippen LogP contribution in [0.1, 0.15) is 5.56 Å². The number of nitrogens with two attached hydrogens (primary N) is 1. The molecule has 0 amide bonds. The number of aromatic nitrogens is 1. The fraction of sp³-hybridized carbons (Fsp3) is 0.143. The number of anilines is 1. The maximum atomic E-state index is 11.9. The highest BCUT2D eigenvalue weighted by Crippen LogP contribution is 2.32. The maximum Gasteiger partial charge on any atom is 0.574 e. The van der Waals surface area contributed by atoms with Crippen LogP contribution in [0.25, 0.3) is 0 Å². The van der Waals surface area contributed by atoms with Crippen molar-refractivity contribution in [1.82, 2.24) is 4.98 Å². The van der Waals surface area contributed by atoms with Gasteiger partial charge in [0.2, 0.25) is 5.88 Å². The number of nitrogens with zero attached hydrogens (tertiary/aromatic N) is 2.